The van der Waals surface area contributed by atoms with E-state index in [1.807, 2.05) is 13.8 Å². The van der Waals surface area contributed by atoms with Crippen LogP contribution in [0.5, 0.6) is 0 Å². The Morgan fingerprint density at radius 3 is 2.30 bits per heavy atom. The lowest BCUT2D eigenvalue weighted by Crippen LogP contribution is -2.02. The van der Waals surface area contributed by atoms with Gasteiger partial charge in [-0.15, -0.1) is 0 Å². The second-order valence-electron chi connectivity index (χ2n) is 2.63. The number of hydrogen-bond donors (Lipinski definition) is 2. The molecule has 60 valence electrons. The highest BCUT2D eigenvalue weighted by Crippen LogP contribution is 2.14. The van der Waals surface area contributed by atoms with Gasteiger partial charge in [0.05, 0.1) is 12.4 Å². The maximum atomic E-state index is 9.31. The molecule has 0 aliphatic rings. The average molecular weight is 144 g/mol. The zero-order valence-electron chi connectivity index (χ0n) is 6.89. The maximum absolute atomic E-state index is 9.31. The normalized spacial score (nSPS) is 16.4. The molecule has 1 unspecified atom stereocenters. The van der Waals surface area contributed by atoms with Crippen molar-refractivity contribution < 1.29 is 10.2 Å². The molecule has 0 aliphatic heterocycles. The Bertz CT molecular complexity index is 127. The molecule has 0 radical (unpaired) electrons. The van der Waals surface area contributed by atoms with Crippen molar-refractivity contribution in [3.63, 3.8) is 0 Å². The molecule has 0 saturated heterocycles. The van der Waals surface area contributed by atoms with E-state index in [1.54, 1.807) is 6.92 Å². The Morgan fingerprint density at radius 2 is 2.00 bits per heavy atom. The van der Waals surface area contributed by atoms with Crippen molar-refractivity contribution >= 4 is 0 Å². The smallest absolute Gasteiger partial charge is 0.0962 e. The van der Waals surface area contributed by atoms with E-state index in [-0.39, 0.29) is 12.5 Å². The minimum absolute atomic E-state index is 0.0455. The van der Waals surface area contributed by atoms with Crippen LogP contribution in [0, 0.1) is 5.92 Å². The first-order valence-electron chi connectivity index (χ1n) is 3.62. The molecule has 0 saturated carbocycles. The van der Waals surface area contributed by atoms with Crippen molar-refractivity contribution in [3.8, 4) is 0 Å². The Kier molecular flexibility index (Phi) is 4.12. The van der Waals surface area contributed by atoms with Crippen molar-refractivity contribution in [1.82, 2.24) is 0 Å². The van der Waals surface area contributed by atoms with Crippen molar-refractivity contribution in [2.45, 2.75) is 27.2 Å². The molecule has 0 spiro atoms. The average Bonchev–Trinajstić information content (AvgIpc) is 2.00. The third-order valence-electron chi connectivity index (χ3n) is 1.75. The van der Waals surface area contributed by atoms with E-state index < -0.39 is 0 Å². The van der Waals surface area contributed by atoms with Crippen LogP contribution >= 0.6 is 0 Å². The van der Waals surface area contributed by atoms with Crippen LogP contribution in [-0.2, 0) is 0 Å². The van der Waals surface area contributed by atoms with Gasteiger partial charge in [0.1, 0.15) is 0 Å². The molecule has 0 aliphatic carbocycles. The van der Waals surface area contributed by atoms with Gasteiger partial charge in [-0.25, -0.2) is 0 Å². The molecule has 2 N–H and O–H groups in total. The minimum Gasteiger partial charge on any atom is -0.512 e. The molecule has 1 atom stereocenters. The van der Waals surface area contributed by atoms with Crippen molar-refractivity contribution in [2.24, 2.45) is 5.92 Å². The van der Waals surface area contributed by atoms with Crippen LogP contribution in [0.3, 0.4) is 0 Å². The van der Waals surface area contributed by atoms with E-state index in [9.17, 15) is 5.11 Å². The van der Waals surface area contributed by atoms with E-state index in [0.717, 1.165) is 6.42 Å². The predicted octanol–water partition coefficient (Wildman–Crippen LogP) is 1.86. The van der Waals surface area contributed by atoms with Gasteiger partial charge in [0, 0.05) is 5.92 Å². The summed E-state index contributed by atoms with van der Waals surface area (Å²) in [6.07, 6.45) is 0.906. The van der Waals surface area contributed by atoms with Gasteiger partial charge < -0.3 is 10.2 Å². The third-order valence-corrected chi connectivity index (χ3v) is 1.75. The van der Waals surface area contributed by atoms with Crippen molar-refractivity contribution in [3.05, 3.63) is 11.3 Å². The molecule has 2 heteroatoms. The summed E-state index contributed by atoms with van der Waals surface area (Å²) in [5.74, 6) is 0.511. The van der Waals surface area contributed by atoms with Crippen LogP contribution < -0.4 is 0 Å². The third kappa shape index (κ3) is 2.40. The van der Waals surface area contributed by atoms with Gasteiger partial charge in [-0.3, -0.25) is 0 Å². The SMILES string of the molecule is CCC(C)C(O)=C(C)CO. The minimum atomic E-state index is -0.0455. The standard InChI is InChI=1S/C8H16O2/c1-4-6(2)8(10)7(3)5-9/h6,9-10H,4-5H2,1-3H3. The van der Waals surface area contributed by atoms with Gasteiger partial charge in [-0.05, 0) is 18.9 Å². The molecule has 0 fully saturated rings. The van der Waals surface area contributed by atoms with E-state index in [4.69, 9.17) is 5.11 Å². The number of aliphatic hydroxyl groups excluding tert-OH is 2. The van der Waals surface area contributed by atoms with Crippen molar-refractivity contribution in [1.29, 1.82) is 0 Å². The lowest BCUT2D eigenvalue weighted by atomic mass is 10.0. The topological polar surface area (TPSA) is 40.5 Å². The molecular weight excluding hydrogens is 128 g/mol. The first-order chi connectivity index (χ1) is 4.63. The lowest BCUT2D eigenvalue weighted by Gasteiger charge is -2.09. The van der Waals surface area contributed by atoms with Gasteiger partial charge in [0.2, 0.25) is 0 Å². The number of hydrogen-bond acceptors (Lipinski definition) is 2. The highest BCUT2D eigenvalue weighted by Gasteiger charge is 2.06. The number of allylic oxidation sites excluding steroid dienone is 1. The van der Waals surface area contributed by atoms with E-state index in [2.05, 4.69) is 0 Å². The highest BCUT2D eigenvalue weighted by molar-refractivity contribution is 5.06. The fourth-order valence-electron chi connectivity index (χ4n) is 0.695. The molecule has 2 nitrogen and oxygen atoms in total. The molecule has 0 rings (SSSR count). The molecular formula is C8H16O2. The molecule has 0 aromatic rings. The molecule has 0 aromatic heterocycles. The number of aliphatic hydroxyl groups is 2. The van der Waals surface area contributed by atoms with Crippen LogP contribution in [0.15, 0.2) is 11.3 Å². The first-order valence-corrected chi connectivity index (χ1v) is 3.62. The van der Waals surface area contributed by atoms with Gasteiger partial charge in [-0.1, -0.05) is 13.8 Å². The zero-order valence-corrected chi connectivity index (χ0v) is 6.89. The zero-order chi connectivity index (χ0) is 8.15. The number of rotatable bonds is 3. The Balaban J connectivity index is 4.15. The van der Waals surface area contributed by atoms with Gasteiger partial charge in [0.15, 0.2) is 0 Å². The summed E-state index contributed by atoms with van der Waals surface area (Å²) < 4.78 is 0. The summed E-state index contributed by atoms with van der Waals surface area (Å²) in [6, 6.07) is 0. The molecule has 0 heterocycles. The fraction of sp³-hybridized carbons (Fsp3) is 0.750. The second-order valence-corrected chi connectivity index (χ2v) is 2.63. The highest BCUT2D eigenvalue weighted by atomic mass is 16.3. The molecule has 0 bridgehead atoms. The van der Waals surface area contributed by atoms with E-state index >= 15 is 0 Å². The maximum Gasteiger partial charge on any atom is 0.0962 e. The van der Waals surface area contributed by atoms with E-state index in [0.29, 0.717) is 11.3 Å². The molecule has 0 amide bonds. The van der Waals surface area contributed by atoms with Crippen LogP contribution in [0.4, 0.5) is 0 Å². The summed E-state index contributed by atoms with van der Waals surface area (Å²) in [5.41, 5.74) is 0.675. The van der Waals surface area contributed by atoms with Gasteiger partial charge >= 0.3 is 0 Å². The lowest BCUT2D eigenvalue weighted by molar-refractivity contribution is 0.290. The summed E-state index contributed by atoms with van der Waals surface area (Å²) in [5, 5.41) is 17.9. The summed E-state index contributed by atoms with van der Waals surface area (Å²) in [7, 11) is 0. The van der Waals surface area contributed by atoms with Gasteiger partial charge in [-0.2, -0.15) is 0 Å². The van der Waals surface area contributed by atoms with Crippen LogP contribution in [0.1, 0.15) is 27.2 Å². The fourth-order valence-corrected chi connectivity index (χ4v) is 0.695. The monoisotopic (exact) mass is 144 g/mol. The van der Waals surface area contributed by atoms with E-state index in [1.165, 1.54) is 0 Å². The Hall–Kier alpha value is -0.500. The quantitative estimate of drug-likeness (QED) is 0.593. The van der Waals surface area contributed by atoms with Crippen LogP contribution in [0.2, 0.25) is 0 Å². The summed E-state index contributed by atoms with van der Waals surface area (Å²) in [6.45, 7) is 5.64. The first kappa shape index (κ1) is 9.50. The Morgan fingerprint density at radius 1 is 1.50 bits per heavy atom. The predicted molar refractivity (Wildman–Crippen MR) is 41.9 cm³/mol. The van der Waals surface area contributed by atoms with Gasteiger partial charge in [0.25, 0.3) is 0 Å². The molecule has 10 heavy (non-hydrogen) atoms. The molecule has 0 aromatic carbocycles. The summed E-state index contributed by atoms with van der Waals surface area (Å²) in [4.78, 5) is 0. The van der Waals surface area contributed by atoms with Crippen LogP contribution in [0.25, 0.3) is 0 Å². The largest absolute Gasteiger partial charge is 0.512 e. The van der Waals surface area contributed by atoms with Crippen LogP contribution in [-0.4, -0.2) is 16.8 Å². The van der Waals surface area contributed by atoms with Crippen molar-refractivity contribution in [2.75, 3.05) is 6.61 Å². The summed E-state index contributed by atoms with van der Waals surface area (Å²) >= 11 is 0. The Labute approximate surface area is 62.2 Å². The second kappa shape index (κ2) is 4.34.